The lowest BCUT2D eigenvalue weighted by Crippen LogP contribution is -2.14. The number of furan rings is 1. The van der Waals surface area contributed by atoms with Gasteiger partial charge in [0.05, 0.1) is 11.0 Å². The molecule has 6 nitrogen and oxygen atoms in total. The molecular formula is C22H15ClN4O2S. The highest BCUT2D eigenvalue weighted by molar-refractivity contribution is 7.99. The highest BCUT2D eigenvalue weighted by Crippen LogP contribution is 2.29. The van der Waals surface area contributed by atoms with Gasteiger partial charge in [0.1, 0.15) is 17.4 Å². The number of amides is 1. The van der Waals surface area contributed by atoms with Gasteiger partial charge in [0.2, 0.25) is 0 Å². The fraction of sp³-hybridized carbons (Fsp3) is 0.0455. The fourth-order valence-electron chi connectivity index (χ4n) is 2.76. The minimum absolute atomic E-state index is 0.0796. The highest BCUT2D eigenvalue weighted by atomic mass is 35.5. The van der Waals surface area contributed by atoms with Crippen LogP contribution in [-0.4, -0.2) is 15.9 Å². The smallest absolute Gasteiger partial charge is 0.266 e. The summed E-state index contributed by atoms with van der Waals surface area (Å²) in [6.07, 6.45) is 1.40. The molecule has 4 aromatic rings. The molecule has 8 heteroatoms. The summed E-state index contributed by atoms with van der Waals surface area (Å²) in [6, 6.07) is 18.3. The zero-order valence-corrected chi connectivity index (χ0v) is 17.3. The molecule has 0 spiro atoms. The maximum Gasteiger partial charge on any atom is 0.266 e. The predicted molar refractivity (Wildman–Crippen MR) is 117 cm³/mol. The first-order valence-corrected chi connectivity index (χ1v) is 10.1. The lowest BCUT2D eigenvalue weighted by molar-refractivity contribution is -0.112. The van der Waals surface area contributed by atoms with E-state index < -0.39 is 5.91 Å². The zero-order valence-electron chi connectivity index (χ0n) is 15.8. The number of aromatic amines is 1. The van der Waals surface area contributed by atoms with Crippen LogP contribution in [0.1, 0.15) is 11.3 Å². The summed E-state index contributed by atoms with van der Waals surface area (Å²) in [7, 11) is 0. The molecule has 4 rings (SSSR count). The van der Waals surface area contributed by atoms with Crippen molar-refractivity contribution in [3.8, 4) is 6.07 Å². The van der Waals surface area contributed by atoms with E-state index in [4.69, 9.17) is 16.0 Å². The standard InChI is InChI=1S/C22H15ClN4O2S/c1-13-16(23)5-4-8-17(13)25-21(28)14(12-24)11-15-9-10-20(29-15)30-22-26-18-6-2-3-7-19(18)27-22/h2-11H,1H3,(H,25,28)(H,26,27)/b14-11-. The number of hydrogen-bond donors (Lipinski definition) is 2. The predicted octanol–water partition coefficient (Wildman–Crippen LogP) is 5.81. The molecule has 1 amide bonds. The first-order chi connectivity index (χ1) is 14.5. The van der Waals surface area contributed by atoms with Crippen molar-refractivity contribution in [2.45, 2.75) is 17.2 Å². The number of benzene rings is 2. The van der Waals surface area contributed by atoms with Gasteiger partial charge in [0.15, 0.2) is 10.2 Å². The van der Waals surface area contributed by atoms with E-state index in [-0.39, 0.29) is 5.57 Å². The Kier molecular flexibility index (Phi) is 5.61. The maximum absolute atomic E-state index is 12.5. The fourth-order valence-corrected chi connectivity index (χ4v) is 3.71. The summed E-state index contributed by atoms with van der Waals surface area (Å²) in [5, 5.41) is 13.9. The van der Waals surface area contributed by atoms with E-state index in [2.05, 4.69) is 15.3 Å². The van der Waals surface area contributed by atoms with E-state index in [1.165, 1.54) is 17.8 Å². The number of nitrogens with one attached hydrogen (secondary N) is 2. The summed E-state index contributed by atoms with van der Waals surface area (Å²) in [5.41, 5.74) is 3.00. The van der Waals surface area contributed by atoms with Crippen molar-refractivity contribution in [3.63, 3.8) is 0 Å². The Morgan fingerprint density at radius 1 is 1.23 bits per heavy atom. The largest absolute Gasteiger partial charge is 0.450 e. The number of imidazole rings is 1. The molecule has 30 heavy (non-hydrogen) atoms. The third-order valence-corrected chi connectivity index (χ3v) is 5.55. The maximum atomic E-state index is 12.5. The van der Waals surface area contributed by atoms with Crippen molar-refractivity contribution in [1.29, 1.82) is 5.26 Å². The van der Waals surface area contributed by atoms with E-state index in [1.54, 1.807) is 37.3 Å². The van der Waals surface area contributed by atoms with Gasteiger partial charge in [-0.15, -0.1) is 0 Å². The number of aromatic nitrogens is 2. The van der Waals surface area contributed by atoms with Crippen molar-refractivity contribution >= 4 is 52.1 Å². The van der Waals surface area contributed by atoms with E-state index in [9.17, 15) is 10.1 Å². The number of nitriles is 1. The van der Waals surface area contributed by atoms with Gasteiger partial charge in [-0.1, -0.05) is 29.8 Å². The molecule has 0 fully saturated rings. The van der Waals surface area contributed by atoms with Crippen LogP contribution in [0.3, 0.4) is 0 Å². The Bertz CT molecular complexity index is 1280. The zero-order chi connectivity index (χ0) is 21.1. The molecule has 2 aromatic heterocycles. The first-order valence-electron chi connectivity index (χ1n) is 8.94. The Hall–Kier alpha value is -3.47. The van der Waals surface area contributed by atoms with Crippen LogP contribution in [0.15, 0.2) is 74.8 Å². The summed E-state index contributed by atoms with van der Waals surface area (Å²) in [4.78, 5) is 20.2. The molecule has 0 saturated heterocycles. The molecule has 0 aliphatic rings. The Morgan fingerprint density at radius 2 is 2.07 bits per heavy atom. The lowest BCUT2D eigenvalue weighted by Gasteiger charge is -2.08. The number of nitrogens with zero attached hydrogens (tertiary/aromatic N) is 2. The molecule has 0 bridgehead atoms. The van der Waals surface area contributed by atoms with Crippen LogP contribution in [0.2, 0.25) is 5.02 Å². The van der Waals surface area contributed by atoms with E-state index in [1.807, 2.05) is 30.3 Å². The molecule has 2 N–H and O–H groups in total. The van der Waals surface area contributed by atoms with Crippen LogP contribution >= 0.6 is 23.4 Å². The second-order valence-electron chi connectivity index (χ2n) is 6.35. The lowest BCUT2D eigenvalue weighted by atomic mass is 10.1. The monoisotopic (exact) mass is 434 g/mol. The first kappa shape index (κ1) is 19.8. The summed E-state index contributed by atoms with van der Waals surface area (Å²) in [6.45, 7) is 1.79. The van der Waals surface area contributed by atoms with Crippen LogP contribution in [0.5, 0.6) is 0 Å². The average molecular weight is 435 g/mol. The van der Waals surface area contributed by atoms with Gasteiger partial charge in [-0.3, -0.25) is 4.79 Å². The van der Waals surface area contributed by atoms with Gasteiger partial charge in [-0.2, -0.15) is 5.26 Å². The van der Waals surface area contributed by atoms with Crippen molar-refractivity contribution in [2.24, 2.45) is 0 Å². The van der Waals surface area contributed by atoms with Crippen molar-refractivity contribution in [2.75, 3.05) is 5.32 Å². The van der Waals surface area contributed by atoms with Crippen LogP contribution in [0, 0.1) is 18.3 Å². The second kappa shape index (κ2) is 8.49. The van der Waals surface area contributed by atoms with E-state index >= 15 is 0 Å². The number of hydrogen-bond acceptors (Lipinski definition) is 5. The summed E-state index contributed by atoms with van der Waals surface area (Å²) < 4.78 is 5.73. The number of halogens is 1. The van der Waals surface area contributed by atoms with Crippen molar-refractivity contribution in [3.05, 3.63) is 76.5 Å². The van der Waals surface area contributed by atoms with Crippen molar-refractivity contribution in [1.82, 2.24) is 9.97 Å². The molecule has 0 aliphatic carbocycles. The molecular weight excluding hydrogens is 420 g/mol. The number of H-pyrrole nitrogens is 1. The number of rotatable bonds is 5. The molecule has 0 aliphatic heterocycles. The van der Waals surface area contributed by atoms with Crippen LogP contribution < -0.4 is 5.32 Å². The number of carbonyl (C=O) groups is 1. The van der Waals surface area contributed by atoms with E-state index in [0.29, 0.717) is 26.7 Å². The number of fused-ring (bicyclic) bond motifs is 1. The molecule has 2 heterocycles. The topological polar surface area (TPSA) is 94.7 Å². The average Bonchev–Trinajstić information content (AvgIpc) is 3.35. The number of anilines is 1. The summed E-state index contributed by atoms with van der Waals surface area (Å²) >= 11 is 7.40. The van der Waals surface area contributed by atoms with Gasteiger partial charge >= 0.3 is 0 Å². The summed E-state index contributed by atoms with van der Waals surface area (Å²) in [5.74, 6) is -0.145. The van der Waals surface area contributed by atoms with E-state index in [0.717, 1.165) is 16.6 Å². The Balaban J connectivity index is 1.50. The van der Waals surface area contributed by atoms with Crippen LogP contribution in [0.25, 0.3) is 17.1 Å². The molecule has 0 atom stereocenters. The van der Waals surface area contributed by atoms with Crippen LogP contribution in [-0.2, 0) is 4.79 Å². The van der Waals surface area contributed by atoms with Gasteiger partial charge in [-0.05, 0) is 60.6 Å². The van der Waals surface area contributed by atoms with Gasteiger partial charge in [-0.25, -0.2) is 4.98 Å². The molecule has 0 radical (unpaired) electrons. The quantitative estimate of drug-likeness (QED) is 0.305. The SMILES string of the molecule is Cc1c(Cl)cccc1NC(=O)/C(C#N)=C\c1ccc(Sc2nc3ccccc3[nH]2)o1. The molecule has 2 aromatic carbocycles. The number of carbonyl (C=O) groups excluding carboxylic acids is 1. The van der Waals surface area contributed by atoms with Gasteiger partial charge in [0.25, 0.3) is 5.91 Å². The minimum Gasteiger partial charge on any atom is -0.450 e. The highest BCUT2D eigenvalue weighted by Gasteiger charge is 2.14. The van der Waals surface area contributed by atoms with Crippen LogP contribution in [0.4, 0.5) is 5.69 Å². The Labute approximate surface area is 181 Å². The Morgan fingerprint density at radius 3 is 2.87 bits per heavy atom. The molecule has 0 unspecified atom stereocenters. The second-order valence-corrected chi connectivity index (χ2v) is 7.75. The van der Waals surface area contributed by atoms with Gasteiger partial charge < -0.3 is 14.7 Å². The number of para-hydroxylation sites is 2. The third kappa shape index (κ3) is 4.25. The molecule has 148 valence electrons. The normalized spacial score (nSPS) is 11.4. The van der Waals surface area contributed by atoms with Crippen molar-refractivity contribution < 1.29 is 9.21 Å². The minimum atomic E-state index is -0.536. The third-order valence-electron chi connectivity index (χ3n) is 4.33. The van der Waals surface area contributed by atoms with Gasteiger partial charge in [0, 0.05) is 16.8 Å². The molecule has 0 saturated carbocycles.